The van der Waals surface area contributed by atoms with Crippen molar-refractivity contribution in [2.45, 2.75) is 47.0 Å². The number of allylic oxidation sites excluding steroid dienone is 2. The summed E-state index contributed by atoms with van der Waals surface area (Å²) in [6.07, 6.45) is 6.40. The first-order valence-electron chi connectivity index (χ1n) is 5.33. The summed E-state index contributed by atoms with van der Waals surface area (Å²) in [4.78, 5) is 0. The molecule has 0 fully saturated rings. The van der Waals surface area contributed by atoms with Crippen molar-refractivity contribution in [3.8, 4) is 0 Å². The third-order valence-corrected chi connectivity index (χ3v) is 3.30. The third-order valence-electron chi connectivity index (χ3n) is 3.30. The number of rotatable bonds is 2. The van der Waals surface area contributed by atoms with E-state index in [1.165, 1.54) is 19.3 Å². The second kappa shape index (κ2) is 4.11. The first-order chi connectivity index (χ1) is 5.65. The van der Waals surface area contributed by atoms with Crippen molar-refractivity contribution in [1.29, 1.82) is 0 Å². The van der Waals surface area contributed by atoms with Crippen molar-refractivity contribution in [2.24, 2.45) is 17.8 Å². The molecule has 0 saturated carbocycles. The fourth-order valence-corrected chi connectivity index (χ4v) is 2.40. The molecule has 0 aromatic rings. The molecule has 2 unspecified atom stereocenters. The van der Waals surface area contributed by atoms with Gasteiger partial charge in [0, 0.05) is 0 Å². The quantitative estimate of drug-likeness (QED) is 0.543. The van der Waals surface area contributed by atoms with Crippen LogP contribution in [0.5, 0.6) is 0 Å². The van der Waals surface area contributed by atoms with Gasteiger partial charge in [-0.1, -0.05) is 39.3 Å². The minimum Gasteiger partial charge on any atom is -0.0850 e. The number of hydrogen-bond acceptors (Lipinski definition) is 0. The molecule has 0 aromatic heterocycles. The summed E-state index contributed by atoms with van der Waals surface area (Å²) in [6.45, 7) is 9.39. The summed E-state index contributed by atoms with van der Waals surface area (Å²) in [7, 11) is 0. The summed E-state index contributed by atoms with van der Waals surface area (Å²) in [6, 6.07) is 0. The van der Waals surface area contributed by atoms with Gasteiger partial charge in [-0.2, -0.15) is 0 Å². The van der Waals surface area contributed by atoms with Gasteiger partial charge in [-0.15, -0.1) is 0 Å². The lowest BCUT2D eigenvalue weighted by atomic mass is 9.74. The van der Waals surface area contributed by atoms with Crippen LogP contribution in [-0.2, 0) is 0 Å². The number of hydrogen-bond donors (Lipinski definition) is 0. The van der Waals surface area contributed by atoms with Crippen molar-refractivity contribution in [1.82, 2.24) is 0 Å². The maximum Gasteiger partial charge on any atom is -0.0292 e. The highest BCUT2D eigenvalue weighted by atomic mass is 14.3. The Kier molecular flexibility index (Phi) is 3.37. The van der Waals surface area contributed by atoms with Gasteiger partial charge >= 0.3 is 0 Å². The highest BCUT2D eigenvalue weighted by Gasteiger charge is 2.23. The van der Waals surface area contributed by atoms with Crippen molar-refractivity contribution in [3.63, 3.8) is 0 Å². The summed E-state index contributed by atoms with van der Waals surface area (Å²) in [5, 5.41) is 0. The van der Waals surface area contributed by atoms with Crippen LogP contribution in [0.15, 0.2) is 11.6 Å². The van der Waals surface area contributed by atoms with E-state index in [2.05, 4.69) is 33.8 Å². The van der Waals surface area contributed by atoms with Crippen LogP contribution in [0.1, 0.15) is 47.0 Å². The Hall–Kier alpha value is -0.260. The molecule has 0 aliphatic heterocycles. The molecule has 1 rings (SSSR count). The lowest BCUT2D eigenvalue weighted by Gasteiger charge is -2.31. The molecule has 12 heavy (non-hydrogen) atoms. The predicted octanol–water partition coefficient (Wildman–Crippen LogP) is 4.02. The molecule has 0 heteroatoms. The lowest BCUT2D eigenvalue weighted by Crippen LogP contribution is -2.21. The lowest BCUT2D eigenvalue weighted by molar-refractivity contribution is 0.257. The minimum atomic E-state index is 0.856. The van der Waals surface area contributed by atoms with Crippen LogP contribution in [-0.4, -0.2) is 0 Å². The Morgan fingerprint density at radius 2 is 2.17 bits per heavy atom. The molecule has 0 aromatic carbocycles. The van der Waals surface area contributed by atoms with Gasteiger partial charge in [0.1, 0.15) is 0 Å². The molecule has 0 amide bonds. The molecule has 0 spiro atoms. The van der Waals surface area contributed by atoms with E-state index in [9.17, 15) is 0 Å². The summed E-state index contributed by atoms with van der Waals surface area (Å²) in [5.41, 5.74) is 1.68. The van der Waals surface area contributed by atoms with Crippen molar-refractivity contribution in [2.75, 3.05) is 0 Å². The van der Waals surface area contributed by atoms with Crippen molar-refractivity contribution >= 4 is 0 Å². The van der Waals surface area contributed by atoms with Gasteiger partial charge in [-0.3, -0.25) is 0 Å². The fraction of sp³-hybridized carbons (Fsp3) is 0.833. The van der Waals surface area contributed by atoms with E-state index in [0.717, 1.165) is 17.8 Å². The molecule has 1 aliphatic carbocycles. The van der Waals surface area contributed by atoms with E-state index in [0.29, 0.717) is 0 Å². The average Bonchev–Trinajstić information content (AvgIpc) is 2.03. The zero-order chi connectivity index (χ0) is 9.14. The largest absolute Gasteiger partial charge is 0.0850 e. The molecule has 0 nitrogen and oxygen atoms in total. The van der Waals surface area contributed by atoms with Crippen LogP contribution in [0.3, 0.4) is 0 Å². The van der Waals surface area contributed by atoms with E-state index < -0.39 is 0 Å². The topological polar surface area (TPSA) is 0 Å². The van der Waals surface area contributed by atoms with Crippen molar-refractivity contribution < 1.29 is 0 Å². The van der Waals surface area contributed by atoms with Gasteiger partial charge in [0.05, 0.1) is 0 Å². The minimum absolute atomic E-state index is 0.856. The van der Waals surface area contributed by atoms with Gasteiger partial charge < -0.3 is 0 Å². The Morgan fingerprint density at radius 1 is 1.50 bits per heavy atom. The van der Waals surface area contributed by atoms with Crippen molar-refractivity contribution in [3.05, 3.63) is 11.6 Å². The Morgan fingerprint density at radius 3 is 2.58 bits per heavy atom. The SMILES string of the molecule is CCC1=CCC(C(C)C)C(C)C1. The van der Waals surface area contributed by atoms with Gasteiger partial charge in [0.2, 0.25) is 0 Å². The monoisotopic (exact) mass is 166 g/mol. The maximum atomic E-state index is 2.48. The summed E-state index contributed by atoms with van der Waals surface area (Å²) < 4.78 is 0. The van der Waals surface area contributed by atoms with E-state index in [-0.39, 0.29) is 0 Å². The van der Waals surface area contributed by atoms with E-state index in [1.54, 1.807) is 5.57 Å². The Labute approximate surface area is 77.1 Å². The smallest absolute Gasteiger partial charge is 0.0292 e. The Balaban J connectivity index is 2.57. The first kappa shape index (κ1) is 9.83. The van der Waals surface area contributed by atoms with E-state index in [1.807, 2.05) is 0 Å². The van der Waals surface area contributed by atoms with Crippen LogP contribution in [0.2, 0.25) is 0 Å². The zero-order valence-electron chi connectivity index (χ0n) is 8.93. The molecule has 0 bridgehead atoms. The van der Waals surface area contributed by atoms with Crippen LogP contribution in [0, 0.1) is 17.8 Å². The Bertz CT molecular complexity index is 165. The molecule has 1 aliphatic rings. The molecule has 70 valence electrons. The predicted molar refractivity (Wildman–Crippen MR) is 55.1 cm³/mol. The molecular weight excluding hydrogens is 144 g/mol. The van der Waals surface area contributed by atoms with Crippen LogP contribution >= 0.6 is 0 Å². The van der Waals surface area contributed by atoms with Gasteiger partial charge in [0.25, 0.3) is 0 Å². The highest BCUT2D eigenvalue weighted by Crippen LogP contribution is 2.34. The average molecular weight is 166 g/mol. The van der Waals surface area contributed by atoms with Gasteiger partial charge in [-0.25, -0.2) is 0 Å². The van der Waals surface area contributed by atoms with Gasteiger partial charge in [-0.05, 0) is 37.0 Å². The first-order valence-corrected chi connectivity index (χ1v) is 5.33. The standard InChI is InChI=1S/C12H22/c1-5-11-6-7-12(9(2)3)10(4)8-11/h6,9-10,12H,5,7-8H2,1-4H3. The second-order valence-corrected chi connectivity index (χ2v) is 4.54. The summed E-state index contributed by atoms with van der Waals surface area (Å²) >= 11 is 0. The molecule has 0 saturated heterocycles. The van der Waals surface area contributed by atoms with Crippen LogP contribution < -0.4 is 0 Å². The van der Waals surface area contributed by atoms with Gasteiger partial charge in [0.15, 0.2) is 0 Å². The summed E-state index contributed by atoms with van der Waals surface area (Å²) in [5.74, 6) is 2.69. The molecule has 0 N–H and O–H groups in total. The normalized spacial score (nSPS) is 30.6. The van der Waals surface area contributed by atoms with Crippen LogP contribution in [0.25, 0.3) is 0 Å². The molecular formula is C12H22. The maximum absolute atomic E-state index is 2.48. The van der Waals surface area contributed by atoms with Crippen LogP contribution in [0.4, 0.5) is 0 Å². The third kappa shape index (κ3) is 2.12. The van der Waals surface area contributed by atoms with E-state index in [4.69, 9.17) is 0 Å². The fourth-order valence-electron chi connectivity index (χ4n) is 2.40. The highest BCUT2D eigenvalue weighted by molar-refractivity contribution is 5.07. The molecule has 0 heterocycles. The second-order valence-electron chi connectivity index (χ2n) is 4.54. The molecule has 0 radical (unpaired) electrons. The van der Waals surface area contributed by atoms with E-state index >= 15 is 0 Å². The molecule has 2 atom stereocenters. The zero-order valence-corrected chi connectivity index (χ0v) is 8.93.